The largest absolute Gasteiger partial charge is 0.508 e. The molecule has 0 saturated heterocycles. The summed E-state index contributed by atoms with van der Waals surface area (Å²) in [6.45, 7) is 3.88. The number of methoxy groups -OCH3 is 1. The van der Waals surface area contributed by atoms with Gasteiger partial charge in [-0.25, -0.2) is 0 Å². The number of halogens is 1. The molecule has 0 radical (unpaired) electrons. The molecular weight excluding hydrogens is 520 g/mol. The van der Waals surface area contributed by atoms with Crippen molar-refractivity contribution in [2.75, 3.05) is 7.11 Å². The molecule has 0 amide bonds. The smallest absolute Gasteiger partial charge is 0.144 e. The van der Waals surface area contributed by atoms with Gasteiger partial charge in [-0.15, -0.1) is 0 Å². The Bertz CT molecular complexity index is 1580. The molecule has 36 heavy (non-hydrogen) atoms. The molecule has 0 spiro atoms. The Balaban J connectivity index is 1.79. The van der Waals surface area contributed by atoms with Crippen molar-refractivity contribution in [3.8, 4) is 22.6 Å². The van der Waals surface area contributed by atoms with E-state index in [0.29, 0.717) is 39.1 Å². The van der Waals surface area contributed by atoms with Gasteiger partial charge in [-0.3, -0.25) is 9.98 Å². The van der Waals surface area contributed by atoms with Crippen LogP contribution in [0.1, 0.15) is 16.7 Å². The number of aliphatic hydroxyl groups excluding tert-OH is 1. The number of rotatable bonds is 6. The third-order valence-electron chi connectivity index (χ3n) is 6.39. The predicted octanol–water partition coefficient (Wildman–Crippen LogP) is 5.63. The summed E-state index contributed by atoms with van der Waals surface area (Å²) in [5.41, 5.74) is 3.37. The van der Waals surface area contributed by atoms with Crippen molar-refractivity contribution in [2.24, 2.45) is 4.99 Å². The van der Waals surface area contributed by atoms with Crippen molar-refractivity contribution in [3.05, 3.63) is 112 Å². The molecule has 2 heterocycles. The first-order valence-electron chi connectivity index (χ1n) is 11.2. The van der Waals surface area contributed by atoms with Crippen molar-refractivity contribution in [3.63, 3.8) is 0 Å². The highest BCUT2D eigenvalue weighted by molar-refractivity contribution is 9.10. The van der Waals surface area contributed by atoms with Gasteiger partial charge in [0.1, 0.15) is 17.1 Å². The van der Waals surface area contributed by atoms with Crippen LogP contribution in [0.3, 0.4) is 0 Å². The third-order valence-corrected chi connectivity index (χ3v) is 7.16. The van der Waals surface area contributed by atoms with Crippen LogP contribution in [0.15, 0.2) is 100 Å². The first-order chi connectivity index (χ1) is 17.3. The number of pyridine rings is 1. The summed E-state index contributed by atoms with van der Waals surface area (Å²) in [5.74, 6) is 0.761. The highest BCUT2D eigenvalue weighted by Crippen LogP contribution is 2.43. The number of nitrogens with zero attached hydrogens (tertiary/aromatic N) is 2. The summed E-state index contributed by atoms with van der Waals surface area (Å²) < 4.78 is 6.23. The molecule has 7 heteroatoms. The van der Waals surface area contributed by atoms with Crippen molar-refractivity contribution in [1.29, 1.82) is 0 Å². The molecule has 1 aliphatic rings. The fourth-order valence-corrected chi connectivity index (χ4v) is 4.88. The van der Waals surface area contributed by atoms with Gasteiger partial charge in [0.05, 0.1) is 19.2 Å². The van der Waals surface area contributed by atoms with Gasteiger partial charge in [-0.2, -0.15) is 0 Å². The second-order valence-corrected chi connectivity index (χ2v) is 9.39. The molecule has 180 valence electrons. The lowest BCUT2D eigenvalue weighted by Gasteiger charge is -2.31. The minimum absolute atomic E-state index is 0.139. The van der Waals surface area contributed by atoms with Crippen molar-refractivity contribution < 1.29 is 20.1 Å². The Hall–Kier alpha value is -3.78. The average molecular weight is 543 g/mol. The van der Waals surface area contributed by atoms with E-state index < -0.39 is 5.60 Å². The summed E-state index contributed by atoms with van der Waals surface area (Å²) in [6, 6.07) is 17.9. The van der Waals surface area contributed by atoms with Crippen LogP contribution in [-0.4, -0.2) is 33.6 Å². The Morgan fingerprint density at radius 3 is 2.58 bits per heavy atom. The van der Waals surface area contributed by atoms with Gasteiger partial charge in [0.2, 0.25) is 0 Å². The lowest BCUT2D eigenvalue weighted by molar-refractivity contribution is 0.124. The molecule has 0 saturated carbocycles. The minimum Gasteiger partial charge on any atom is -0.508 e. The minimum atomic E-state index is -1.64. The summed E-state index contributed by atoms with van der Waals surface area (Å²) in [4.78, 5) is 8.90. The van der Waals surface area contributed by atoms with Crippen molar-refractivity contribution in [1.82, 2.24) is 4.98 Å². The first-order valence-corrected chi connectivity index (χ1v) is 12.0. The third kappa shape index (κ3) is 4.01. The molecule has 1 unspecified atom stereocenters. The van der Waals surface area contributed by atoms with E-state index in [1.54, 1.807) is 62.1 Å². The van der Waals surface area contributed by atoms with Gasteiger partial charge in [0, 0.05) is 45.7 Å². The molecule has 0 aliphatic carbocycles. The van der Waals surface area contributed by atoms with Crippen LogP contribution in [0, 0.1) is 0 Å². The zero-order chi connectivity index (χ0) is 25.4. The normalized spacial score (nSPS) is 14.7. The molecule has 4 aromatic rings. The van der Waals surface area contributed by atoms with Gasteiger partial charge in [-0.05, 0) is 64.2 Å². The fourth-order valence-electron chi connectivity index (χ4n) is 4.51. The number of aromatic nitrogens is 1. The number of fused-ring (bicyclic) bond motifs is 1. The summed E-state index contributed by atoms with van der Waals surface area (Å²) in [7, 11) is 1.59. The second kappa shape index (κ2) is 9.35. The zero-order valence-corrected chi connectivity index (χ0v) is 21.0. The summed E-state index contributed by atoms with van der Waals surface area (Å²) in [6.07, 6.45) is 4.82. The Kier molecular flexibility index (Phi) is 6.22. The van der Waals surface area contributed by atoms with Crippen LogP contribution < -0.4 is 4.74 Å². The number of phenolic OH excluding ortho intramolecular Hbond substituents is 1. The van der Waals surface area contributed by atoms with Crippen molar-refractivity contribution in [2.45, 2.75) is 12.2 Å². The Labute approximate surface area is 216 Å². The highest BCUT2D eigenvalue weighted by atomic mass is 79.9. The monoisotopic (exact) mass is 542 g/mol. The van der Waals surface area contributed by atoms with E-state index in [1.807, 2.05) is 24.3 Å². The number of ether oxygens (including phenoxy) is 1. The molecule has 1 aromatic heterocycles. The number of aliphatic imine (C=N–C) groups is 1. The van der Waals surface area contributed by atoms with Gasteiger partial charge in [-0.1, -0.05) is 40.7 Å². The maximum absolute atomic E-state index is 12.4. The maximum Gasteiger partial charge on any atom is 0.144 e. The van der Waals surface area contributed by atoms with Crippen LogP contribution in [0.4, 0.5) is 0 Å². The van der Waals surface area contributed by atoms with Crippen LogP contribution in [0.25, 0.3) is 22.0 Å². The lowest BCUT2D eigenvalue weighted by Crippen LogP contribution is -2.31. The first kappa shape index (κ1) is 23.9. The van der Waals surface area contributed by atoms with Crippen molar-refractivity contribution >= 4 is 33.0 Å². The lowest BCUT2D eigenvalue weighted by atomic mass is 9.78. The molecule has 5 rings (SSSR count). The fraction of sp³-hybridized carbons (Fsp3) is 0.103. The number of hydrogen-bond donors (Lipinski definition) is 3. The molecule has 0 fully saturated rings. The van der Waals surface area contributed by atoms with Crippen LogP contribution in [0.5, 0.6) is 11.5 Å². The topological polar surface area (TPSA) is 95.2 Å². The van der Waals surface area contributed by atoms with Gasteiger partial charge in [0.25, 0.3) is 0 Å². The standard InChI is InChI=1S/C29H23BrN2O4/c1-17-13-31-15-26(17)29(35,20-6-7-27(30)19(8-20)16-33)21-10-25-24(18-4-3-5-22(34)9-18)11-23(36-2)12-28(25)32-14-21/h3-15,33-35H,1,16H2,2H3. The quantitative estimate of drug-likeness (QED) is 0.293. The number of hydrogen-bond acceptors (Lipinski definition) is 6. The molecule has 3 N–H and O–H groups in total. The van der Waals surface area contributed by atoms with Crippen LogP contribution >= 0.6 is 15.9 Å². The molecular formula is C29H23BrN2O4. The molecule has 6 nitrogen and oxygen atoms in total. The van der Waals surface area contributed by atoms with Gasteiger partial charge in [0.15, 0.2) is 0 Å². The molecule has 1 aliphatic heterocycles. The zero-order valence-electron chi connectivity index (χ0n) is 19.4. The molecule has 0 bridgehead atoms. The van der Waals surface area contributed by atoms with Gasteiger partial charge >= 0.3 is 0 Å². The van der Waals surface area contributed by atoms with E-state index in [9.17, 15) is 15.3 Å². The Morgan fingerprint density at radius 1 is 1.06 bits per heavy atom. The van der Waals surface area contributed by atoms with E-state index in [1.165, 1.54) is 0 Å². The van der Waals surface area contributed by atoms with E-state index in [2.05, 4.69) is 32.5 Å². The summed E-state index contributed by atoms with van der Waals surface area (Å²) >= 11 is 3.45. The van der Waals surface area contributed by atoms with E-state index in [-0.39, 0.29) is 12.4 Å². The summed E-state index contributed by atoms with van der Waals surface area (Å²) in [5, 5.41) is 33.1. The Morgan fingerprint density at radius 2 is 1.89 bits per heavy atom. The number of aromatic hydroxyl groups is 1. The van der Waals surface area contributed by atoms with Crippen LogP contribution in [-0.2, 0) is 12.2 Å². The number of aliphatic hydroxyl groups is 2. The molecule has 3 aromatic carbocycles. The van der Waals surface area contributed by atoms with Crippen LogP contribution in [0.2, 0.25) is 0 Å². The van der Waals surface area contributed by atoms with E-state index in [4.69, 9.17) is 4.74 Å². The molecule has 1 atom stereocenters. The van der Waals surface area contributed by atoms with E-state index >= 15 is 0 Å². The second-order valence-electron chi connectivity index (χ2n) is 8.54. The number of phenols is 1. The predicted molar refractivity (Wildman–Crippen MR) is 144 cm³/mol. The average Bonchev–Trinajstić information content (AvgIpc) is 3.33. The highest BCUT2D eigenvalue weighted by Gasteiger charge is 2.39. The maximum atomic E-state index is 12.4. The number of benzene rings is 3. The SMILES string of the molecule is C=C1C=NC=C1C(O)(c1ccc(Br)c(CO)c1)c1cnc2cc(OC)cc(-c3cccc(O)c3)c2c1. The van der Waals surface area contributed by atoms with E-state index in [0.717, 1.165) is 21.0 Å². The van der Waals surface area contributed by atoms with Gasteiger partial charge < -0.3 is 20.1 Å².